The highest BCUT2D eigenvalue weighted by Gasteiger charge is 2.36. The molecule has 20 heavy (non-hydrogen) atoms. The van der Waals surface area contributed by atoms with Crippen LogP contribution in [-0.4, -0.2) is 34.0 Å². The molecule has 0 bridgehead atoms. The highest BCUT2D eigenvalue weighted by molar-refractivity contribution is 8.01. The Morgan fingerprint density at radius 1 is 1.35 bits per heavy atom. The van der Waals surface area contributed by atoms with Gasteiger partial charge in [-0.3, -0.25) is 9.59 Å². The van der Waals surface area contributed by atoms with Crippen LogP contribution in [0.15, 0.2) is 0 Å². The van der Waals surface area contributed by atoms with Crippen molar-refractivity contribution in [1.82, 2.24) is 5.32 Å². The summed E-state index contributed by atoms with van der Waals surface area (Å²) in [6.45, 7) is 6.90. The molecule has 1 fully saturated rings. The minimum absolute atomic E-state index is 0.140. The minimum Gasteiger partial charge on any atom is -0.481 e. The van der Waals surface area contributed by atoms with E-state index in [1.165, 1.54) is 0 Å². The van der Waals surface area contributed by atoms with E-state index in [2.05, 4.69) is 19.2 Å². The van der Waals surface area contributed by atoms with E-state index in [4.69, 9.17) is 5.11 Å². The summed E-state index contributed by atoms with van der Waals surface area (Å²) < 4.78 is -0.256. The first kappa shape index (κ1) is 17.3. The van der Waals surface area contributed by atoms with Gasteiger partial charge in [-0.05, 0) is 50.2 Å². The third-order valence-corrected chi connectivity index (χ3v) is 5.69. The number of carboxylic acids is 1. The number of nitrogens with one attached hydrogen (secondary N) is 1. The van der Waals surface area contributed by atoms with Gasteiger partial charge in [-0.1, -0.05) is 13.8 Å². The van der Waals surface area contributed by atoms with Crippen molar-refractivity contribution in [2.24, 2.45) is 11.8 Å². The van der Waals surface area contributed by atoms with E-state index in [0.29, 0.717) is 24.8 Å². The first-order valence-electron chi connectivity index (χ1n) is 7.49. The van der Waals surface area contributed by atoms with Crippen molar-refractivity contribution in [2.45, 2.75) is 57.6 Å². The maximum Gasteiger partial charge on any atom is 0.303 e. The van der Waals surface area contributed by atoms with Crippen molar-refractivity contribution in [3.05, 3.63) is 0 Å². The number of aliphatic carboxylic acids is 1. The van der Waals surface area contributed by atoms with Crippen molar-refractivity contribution in [3.63, 3.8) is 0 Å². The molecule has 116 valence electrons. The molecule has 0 spiro atoms. The molecule has 0 saturated carbocycles. The molecule has 1 heterocycles. The molecule has 0 aromatic rings. The second kappa shape index (κ2) is 7.91. The Morgan fingerprint density at radius 2 is 2.05 bits per heavy atom. The molecular weight excluding hydrogens is 274 g/mol. The smallest absolute Gasteiger partial charge is 0.303 e. The molecule has 0 radical (unpaired) electrons. The third kappa shape index (κ3) is 5.35. The summed E-state index contributed by atoms with van der Waals surface area (Å²) in [5.74, 6) is 1.27. The van der Waals surface area contributed by atoms with E-state index < -0.39 is 5.97 Å². The summed E-state index contributed by atoms with van der Waals surface area (Å²) in [7, 11) is 0. The summed E-state index contributed by atoms with van der Waals surface area (Å²) in [4.78, 5) is 22.8. The van der Waals surface area contributed by atoms with E-state index >= 15 is 0 Å². The molecule has 1 aliphatic heterocycles. The van der Waals surface area contributed by atoms with Gasteiger partial charge in [-0.25, -0.2) is 0 Å². The molecule has 0 aromatic carbocycles. The fraction of sp³-hybridized carbons (Fsp3) is 0.867. The van der Waals surface area contributed by atoms with Gasteiger partial charge in [0.25, 0.3) is 0 Å². The van der Waals surface area contributed by atoms with Gasteiger partial charge in [0.05, 0.1) is 4.75 Å². The van der Waals surface area contributed by atoms with Crippen LogP contribution in [0.4, 0.5) is 0 Å². The van der Waals surface area contributed by atoms with Gasteiger partial charge in [0.1, 0.15) is 0 Å². The van der Waals surface area contributed by atoms with Crippen LogP contribution in [0, 0.1) is 11.8 Å². The van der Waals surface area contributed by atoms with E-state index in [-0.39, 0.29) is 17.1 Å². The van der Waals surface area contributed by atoms with Crippen LogP contribution in [0.25, 0.3) is 0 Å². The summed E-state index contributed by atoms with van der Waals surface area (Å²) in [5, 5.41) is 11.8. The van der Waals surface area contributed by atoms with Gasteiger partial charge >= 0.3 is 5.97 Å². The molecule has 1 saturated heterocycles. The average molecular weight is 301 g/mol. The number of carbonyl (C=O) groups is 2. The third-order valence-electron chi connectivity index (χ3n) is 4.17. The van der Waals surface area contributed by atoms with Gasteiger partial charge in [0.15, 0.2) is 0 Å². The Bertz CT molecular complexity index is 338. The molecule has 1 amide bonds. The van der Waals surface area contributed by atoms with Gasteiger partial charge in [-0.2, -0.15) is 0 Å². The van der Waals surface area contributed by atoms with Crippen molar-refractivity contribution in [3.8, 4) is 0 Å². The predicted octanol–water partition coefficient (Wildman–Crippen LogP) is 2.92. The molecule has 1 rings (SSSR count). The van der Waals surface area contributed by atoms with Gasteiger partial charge in [0, 0.05) is 13.0 Å². The number of amides is 1. The van der Waals surface area contributed by atoms with Crippen LogP contribution in [0.1, 0.15) is 52.9 Å². The zero-order chi connectivity index (χ0) is 15.2. The van der Waals surface area contributed by atoms with Gasteiger partial charge in [-0.15, -0.1) is 11.8 Å². The fourth-order valence-electron chi connectivity index (χ4n) is 2.64. The zero-order valence-corrected chi connectivity index (χ0v) is 13.6. The average Bonchev–Trinajstić information content (AvgIpc) is 2.80. The maximum absolute atomic E-state index is 12.2. The topological polar surface area (TPSA) is 66.4 Å². The molecule has 4 nitrogen and oxygen atoms in total. The Balaban J connectivity index is 2.32. The number of hydrogen-bond acceptors (Lipinski definition) is 3. The SMILES string of the molecule is CC(C)C(CCNC(=O)C1(C)CCCS1)CCC(=O)O. The Labute approximate surface area is 126 Å². The van der Waals surface area contributed by atoms with E-state index in [9.17, 15) is 9.59 Å². The quantitative estimate of drug-likeness (QED) is 0.723. The first-order chi connectivity index (χ1) is 9.35. The highest BCUT2D eigenvalue weighted by Crippen LogP contribution is 2.37. The van der Waals surface area contributed by atoms with E-state index in [0.717, 1.165) is 25.0 Å². The van der Waals surface area contributed by atoms with Crippen molar-refractivity contribution < 1.29 is 14.7 Å². The lowest BCUT2D eigenvalue weighted by Crippen LogP contribution is -2.41. The highest BCUT2D eigenvalue weighted by atomic mass is 32.2. The standard InChI is InChI=1S/C15H27NO3S/c1-11(2)12(5-6-13(17)18)7-9-16-14(19)15(3)8-4-10-20-15/h11-12H,4-10H2,1-3H3,(H,16,19)(H,17,18). The van der Waals surface area contributed by atoms with Gasteiger partial charge < -0.3 is 10.4 Å². The normalized spacial score (nSPS) is 23.8. The molecular formula is C15H27NO3S. The summed E-state index contributed by atoms with van der Waals surface area (Å²) in [6, 6.07) is 0. The Hall–Kier alpha value is -0.710. The minimum atomic E-state index is -0.741. The molecule has 2 unspecified atom stereocenters. The fourth-order valence-corrected chi connectivity index (χ4v) is 3.87. The second-order valence-corrected chi connectivity index (χ2v) is 7.76. The van der Waals surface area contributed by atoms with Crippen LogP contribution < -0.4 is 5.32 Å². The second-order valence-electron chi connectivity index (χ2n) is 6.16. The molecule has 5 heteroatoms. The number of rotatable bonds is 8. The summed E-state index contributed by atoms with van der Waals surface area (Å²) in [5.41, 5.74) is 0. The van der Waals surface area contributed by atoms with Gasteiger partial charge in [0.2, 0.25) is 5.91 Å². The van der Waals surface area contributed by atoms with Crippen molar-refractivity contribution >= 4 is 23.6 Å². The lowest BCUT2D eigenvalue weighted by molar-refractivity contribution is -0.137. The lowest BCUT2D eigenvalue weighted by Gasteiger charge is -2.24. The molecule has 2 N–H and O–H groups in total. The number of hydrogen-bond donors (Lipinski definition) is 2. The van der Waals surface area contributed by atoms with Crippen LogP contribution in [0.3, 0.4) is 0 Å². The molecule has 1 aliphatic rings. The summed E-state index contributed by atoms with van der Waals surface area (Å²) >= 11 is 1.74. The Kier molecular flexibility index (Phi) is 6.86. The largest absolute Gasteiger partial charge is 0.481 e. The van der Waals surface area contributed by atoms with Crippen molar-refractivity contribution in [2.75, 3.05) is 12.3 Å². The van der Waals surface area contributed by atoms with Crippen LogP contribution in [0.5, 0.6) is 0 Å². The maximum atomic E-state index is 12.2. The number of thioether (sulfide) groups is 1. The lowest BCUT2D eigenvalue weighted by atomic mass is 9.88. The molecule has 0 aromatic heterocycles. The first-order valence-corrected chi connectivity index (χ1v) is 8.48. The van der Waals surface area contributed by atoms with E-state index in [1.54, 1.807) is 11.8 Å². The molecule has 0 aliphatic carbocycles. The molecule has 2 atom stereocenters. The predicted molar refractivity (Wildman–Crippen MR) is 82.9 cm³/mol. The van der Waals surface area contributed by atoms with Crippen LogP contribution in [0.2, 0.25) is 0 Å². The monoisotopic (exact) mass is 301 g/mol. The van der Waals surface area contributed by atoms with Crippen LogP contribution in [-0.2, 0) is 9.59 Å². The van der Waals surface area contributed by atoms with Crippen molar-refractivity contribution in [1.29, 1.82) is 0 Å². The van der Waals surface area contributed by atoms with E-state index in [1.807, 2.05) is 6.92 Å². The summed E-state index contributed by atoms with van der Waals surface area (Å²) in [6.07, 6.45) is 3.83. The number of carbonyl (C=O) groups excluding carboxylic acids is 1. The zero-order valence-electron chi connectivity index (χ0n) is 12.8. The van der Waals surface area contributed by atoms with Crippen LogP contribution >= 0.6 is 11.8 Å². The Morgan fingerprint density at radius 3 is 2.55 bits per heavy atom. The number of carboxylic acid groups (broad SMARTS) is 1.